The number of aromatic nitrogens is 1. The van der Waals surface area contributed by atoms with E-state index in [0.717, 1.165) is 17.0 Å². The minimum Gasteiger partial charge on any atom is -0.258 e. The molecule has 1 rings (SSSR count). The van der Waals surface area contributed by atoms with Crippen molar-refractivity contribution in [2.45, 2.75) is 13.8 Å². The average Bonchev–Trinajstić information content (AvgIpc) is 1.80. The largest absolute Gasteiger partial charge is 0.258 e. The molecule has 0 N–H and O–H groups in total. The van der Waals surface area contributed by atoms with Gasteiger partial charge in [0.15, 0.2) is 0 Å². The summed E-state index contributed by atoms with van der Waals surface area (Å²) in [6, 6.07) is 3.95. The van der Waals surface area contributed by atoms with E-state index in [-0.39, 0.29) is 0 Å². The fraction of sp³-hybridized carbons (Fsp3) is 0.250. The van der Waals surface area contributed by atoms with Crippen LogP contribution in [0.3, 0.4) is 0 Å². The van der Waals surface area contributed by atoms with Crippen LogP contribution in [0.15, 0.2) is 12.1 Å². The summed E-state index contributed by atoms with van der Waals surface area (Å²) in [7, 11) is 0. The number of nitrogens with zero attached hydrogens (tertiary/aromatic N) is 1. The molecule has 1 nitrogen and oxygen atoms in total. The molecule has 0 aromatic carbocycles. The van der Waals surface area contributed by atoms with Crippen molar-refractivity contribution in [1.82, 2.24) is 4.98 Å². The zero-order valence-electron chi connectivity index (χ0n) is 5.81. The van der Waals surface area contributed by atoms with Crippen LogP contribution in [0, 0.1) is 20.8 Å². The molecule has 1 heterocycles. The first-order valence-electron chi connectivity index (χ1n) is 2.96. The molecule has 1 aromatic heterocycles. The molecule has 1 aromatic rings. The van der Waals surface area contributed by atoms with Crippen molar-refractivity contribution < 1.29 is 0 Å². The topological polar surface area (TPSA) is 12.9 Å². The SMILES string of the molecule is [CH2]c1ccc(C)nc1C. The molecule has 0 amide bonds. The Morgan fingerprint density at radius 3 is 2.44 bits per heavy atom. The van der Waals surface area contributed by atoms with Crippen molar-refractivity contribution in [1.29, 1.82) is 0 Å². The molecule has 0 bridgehead atoms. The molecule has 0 saturated heterocycles. The van der Waals surface area contributed by atoms with Crippen molar-refractivity contribution in [2.75, 3.05) is 0 Å². The zero-order chi connectivity index (χ0) is 6.85. The van der Waals surface area contributed by atoms with Gasteiger partial charge in [-0.25, -0.2) is 0 Å². The molecule has 0 unspecified atom stereocenters. The van der Waals surface area contributed by atoms with E-state index in [2.05, 4.69) is 11.9 Å². The second kappa shape index (κ2) is 2.18. The van der Waals surface area contributed by atoms with Crippen LogP contribution in [0.25, 0.3) is 0 Å². The summed E-state index contributed by atoms with van der Waals surface area (Å²) < 4.78 is 0. The molecule has 0 spiro atoms. The Hall–Kier alpha value is -0.850. The average molecular weight is 120 g/mol. The lowest BCUT2D eigenvalue weighted by atomic mass is 10.2. The van der Waals surface area contributed by atoms with Gasteiger partial charge in [-0.1, -0.05) is 6.07 Å². The van der Waals surface area contributed by atoms with Gasteiger partial charge in [-0.15, -0.1) is 0 Å². The predicted molar refractivity (Wildman–Crippen MR) is 38.2 cm³/mol. The van der Waals surface area contributed by atoms with E-state index in [1.165, 1.54) is 0 Å². The normalized spacial score (nSPS) is 9.67. The molecule has 0 atom stereocenters. The Balaban J connectivity index is 3.17. The first-order valence-corrected chi connectivity index (χ1v) is 2.96. The fourth-order valence-electron chi connectivity index (χ4n) is 0.715. The van der Waals surface area contributed by atoms with Gasteiger partial charge in [-0.3, -0.25) is 4.98 Å². The molecule has 0 aliphatic carbocycles. The highest BCUT2D eigenvalue weighted by molar-refractivity contribution is 5.23. The van der Waals surface area contributed by atoms with Crippen LogP contribution in [-0.2, 0) is 0 Å². The van der Waals surface area contributed by atoms with Crippen LogP contribution in [0.5, 0.6) is 0 Å². The third-order valence-corrected chi connectivity index (χ3v) is 1.33. The minimum absolute atomic E-state index is 1.01. The first-order chi connectivity index (χ1) is 4.20. The number of pyridine rings is 1. The molecule has 0 fully saturated rings. The van der Waals surface area contributed by atoms with Gasteiger partial charge in [0.1, 0.15) is 0 Å². The van der Waals surface area contributed by atoms with Gasteiger partial charge in [0.25, 0.3) is 0 Å². The molecule has 0 aliphatic rings. The lowest BCUT2D eigenvalue weighted by molar-refractivity contribution is 1.11. The summed E-state index contributed by atoms with van der Waals surface area (Å²) >= 11 is 0. The van der Waals surface area contributed by atoms with Gasteiger partial charge < -0.3 is 0 Å². The Morgan fingerprint density at radius 2 is 2.00 bits per heavy atom. The highest BCUT2D eigenvalue weighted by Crippen LogP contribution is 2.02. The Morgan fingerprint density at radius 1 is 1.33 bits per heavy atom. The first kappa shape index (κ1) is 6.27. The zero-order valence-corrected chi connectivity index (χ0v) is 5.81. The quantitative estimate of drug-likeness (QED) is 0.509. The van der Waals surface area contributed by atoms with Gasteiger partial charge in [-0.05, 0) is 32.4 Å². The van der Waals surface area contributed by atoms with Crippen LogP contribution in [0.2, 0.25) is 0 Å². The van der Waals surface area contributed by atoms with Crippen molar-refractivity contribution >= 4 is 0 Å². The van der Waals surface area contributed by atoms with E-state index in [0.29, 0.717) is 0 Å². The second-order valence-corrected chi connectivity index (χ2v) is 2.20. The van der Waals surface area contributed by atoms with Crippen LogP contribution in [-0.4, -0.2) is 4.98 Å². The van der Waals surface area contributed by atoms with Crippen LogP contribution in [0.1, 0.15) is 17.0 Å². The van der Waals surface area contributed by atoms with Crippen molar-refractivity contribution in [3.8, 4) is 0 Å². The van der Waals surface area contributed by atoms with Gasteiger partial charge in [0.05, 0.1) is 0 Å². The predicted octanol–water partition coefficient (Wildman–Crippen LogP) is 1.88. The standard InChI is InChI=1S/C8H10N/c1-6-4-5-7(2)9-8(6)3/h4-5H,1H2,2-3H3. The molecular formula is C8H10N. The number of hydrogen-bond acceptors (Lipinski definition) is 1. The number of hydrogen-bond donors (Lipinski definition) is 0. The summed E-state index contributed by atoms with van der Waals surface area (Å²) in [5.74, 6) is 0. The van der Waals surface area contributed by atoms with Gasteiger partial charge >= 0.3 is 0 Å². The monoisotopic (exact) mass is 120 g/mol. The summed E-state index contributed by atoms with van der Waals surface area (Å²) in [6.45, 7) is 7.74. The van der Waals surface area contributed by atoms with E-state index < -0.39 is 0 Å². The second-order valence-electron chi connectivity index (χ2n) is 2.20. The summed E-state index contributed by atoms with van der Waals surface area (Å²) in [4.78, 5) is 4.21. The molecule has 0 saturated carbocycles. The van der Waals surface area contributed by atoms with Crippen molar-refractivity contribution in [3.05, 3.63) is 36.0 Å². The highest BCUT2D eigenvalue weighted by Gasteiger charge is 1.90. The maximum absolute atomic E-state index is 4.21. The highest BCUT2D eigenvalue weighted by atomic mass is 14.7. The van der Waals surface area contributed by atoms with E-state index in [4.69, 9.17) is 0 Å². The summed E-state index contributed by atoms with van der Waals surface area (Å²) in [5, 5.41) is 0. The maximum Gasteiger partial charge on any atom is 0.0407 e. The minimum atomic E-state index is 1.01. The summed E-state index contributed by atoms with van der Waals surface area (Å²) in [6.07, 6.45) is 0. The Bertz CT molecular complexity index is 216. The van der Waals surface area contributed by atoms with E-state index in [9.17, 15) is 0 Å². The van der Waals surface area contributed by atoms with Crippen LogP contribution >= 0.6 is 0 Å². The molecule has 1 heteroatoms. The smallest absolute Gasteiger partial charge is 0.0407 e. The third kappa shape index (κ3) is 1.28. The lowest BCUT2D eigenvalue weighted by Gasteiger charge is -1.97. The molecule has 1 radical (unpaired) electrons. The maximum atomic E-state index is 4.21. The lowest BCUT2D eigenvalue weighted by Crippen LogP contribution is -1.87. The van der Waals surface area contributed by atoms with Crippen molar-refractivity contribution in [2.24, 2.45) is 0 Å². The van der Waals surface area contributed by atoms with Crippen molar-refractivity contribution in [3.63, 3.8) is 0 Å². The van der Waals surface area contributed by atoms with Gasteiger partial charge in [0.2, 0.25) is 0 Å². The molecule has 0 aliphatic heterocycles. The van der Waals surface area contributed by atoms with E-state index in [1.54, 1.807) is 0 Å². The van der Waals surface area contributed by atoms with Gasteiger partial charge in [-0.2, -0.15) is 0 Å². The van der Waals surface area contributed by atoms with E-state index in [1.807, 2.05) is 26.0 Å². The molecule has 9 heavy (non-hydrogen) atoms. The van der Waals surface area contributed by atoms with E-state index >= 15 is 0 Å². The van der Waals surface area contributed by atoms with Crippen LogP contribution < -0.4 is 0 Å². The molecule has 47 valence electrons. The van der Waals surface area contributed by atoms with Crippen LogP contribution in [0.4, 0.5) is 0 Å². The summed E-state index contributed by atoms with van der Waals surface area (Å²) in [5.41, 5.74) is 3.09. The Kier molecular flexibility index (Phi) is 1.52. The molecular weight excluding hydrogens is 110 g/mol. The number of rotatable bonds is 0. The fourth-order valence-corrected chi connectivity index (χ4v) is 0.715. The Labute approximate surface area is 55.7 Å². The van der Waals surface area contributed by atoms with Gasteiger partial charge in [0, 0.05) is 11.4 Å². The number of aryl methyl sites for hydroxylation is 2. The third-order valence-electron chi connectivity index (χ3n) is 1.33.